The molecule has 0 radical (unpaired) electrons. The van der Waals surface area contributed by atoms with E-state index in [1.165, 1.54) is 0 Å². The number of carbonyl (C=O) groups is 1. The molecule has 1 aromatic carbocycles. The van der Waals surface area contributed by atoms with Gasteiger partial charge in [0, 0.05) is 19.2 Å². The van der Waals surface area contributed by atoms with Crippen LogP contribution in [0.4, 0.5) is 5.69 Å². The first-order valence-corrected chi connectivity index (χ1v) is 6.37. The Labute approximate surface area is 112 Å². The summed E-state index contributed by atoms with van der Waals surface area (Å²) in [5.74, 6) is -0.325. The zero-order valence-corrected chi connectivity index (χ0v) is 11.0. The van der Waals surface area contributed by atoms with Crippen molar-refractivity contribution in [1.82, 2.24) is 4.57 Å². The van der Waals surface area contributed by atoms with Gasteiger partial charge >= 0.3 is 5.97 Å². The van der Waals surface area contributed by atoms with Crippen molar-refractivity contribution >= 4 is 11.7 Å². The van der Waals surface area contributed by atoms with Crippen molar-refractivity contribution in [1.29, 1.82) is 0 Å². The molecule has 1 heterocycles. The van der Waals surface area contributed by atoms with Crippen molar-refractivity contribution in [2.45, 2.75) is 19.9 Å². The molecule has 2 rings (SSSR count). The molecular weight excluding hydrogens is 240 g/mol. The first kappa shape index (κ1) is 13.2. The molecule has 4 nitrogen and oxygen atoms in total. The van der Waals surface area contributed by atoms with Gasteiger partial charge in [0.1, 0.15) is 5.69 Å². The first-order chi connectivity index (χ1) is 9.20. The number of aryl methyl sites for hydroxylation is 1. The second kappa shape index (κ2) is 6.09. The Hall–Kier alpha value is -2.23. The highest BCUT2D eigenvalue weighted by Crippen LogP contribution is 2.12. The molecular formula is C15H18N2O2. The third-order valence-electron chi connectivity index (χ3n) is 2.93. The molecule has 0 saturated heterocycles. The quantitative estimate of drug-likeness (QED) is 0.838. The van der Waals surface area contributed by atoms with E-state index in [9.17, 15) is 4.79 Å². The van der Waals surface area contributed by atoms with E-state index >= 15 is 0 Å². The monoisotopic (exact) mass is 258 g/mol. The summed E-state index contributed by atoms with van der Waals surface area (Å²) in [6.45, 7) is 3.03. The van der Waals surface area contributed by atoms with Gasteiger partial charge in [-0.2, -0.15) is 0 Å². The fraction of sp³-hybridized carbons (Fsp3) is 0.267. The van der Waals surface area contributed by atoms with E-state index < -0.39 is 0 Å². The van der Waals surface area contributed by atoms with E-state index in [2.05, 4.69) is 0 Å². The highest BCUT2D eigenvalue weighted by atomic mass is 16.5. The molecule has 0 saturated carbocycles. The second-order valence-corrected chi connectivity index (χ2v) is 4.32. The van der Waals surface area contributed by atoms with Gasteiger partial charge in [0.15, 0.2) is 0 Å². The maximum Gasteiger partial charge on any atom is 0.355 e. The number of anilines is 1. The average Bonchev–Trinajstić information content (AvgIpc) is 2.81. The molecule has 0 amide bonds. The summed E-state index contributed by atoms with van der Waals surface area (Å²) in [6.07, 6.45) is 2.46. The number of hydrogen-bond acceptors (Lipinski definition) is 3. The maximum absolute atomic E-state index is 11.9. The van der Waals surface area contributed by atoms with E-state index in [0.717, 1.165) is 12.0 Å². The minimum absolute atomic E-state index is 0.325. The molecule has 0 atom stereocenters. The molecule has 0 aliphatic heterocycles. The predicted octanol–water partition coefficient (Wildman–Crippen LogP) is 2.49. The van der Waals surface area contributed by atoms with Gasteiger partial charge in [0.25, 0.3) is 0 Å². The largest absolute Gasteiger partial charge is 0.461 e. The molecule has 100 valence electrons. The Kier molecular flexibility index (Phi) is 4.23. The van der Waals surface area contributed by atoms with Crippen molar-refractivity contribution in [2.24, 2.45) is 0 Å². The van der Waals surface area contributed by atoms with Gasteiger partial charge in [-0.3, -0.25) is 0 Å². The van der Waals surface area contributed by atoms with Crippen LogP contribution in [-0.2, 0) is 17.7 Å². The average molecular weight is 258 g/mol. The lowest BCUT2D eigenvalue weighted by molar-refractivity contribution is 0.0497. The predicted molar refractivity (Wildman–Crippen MR) is 74.9 cm³/mol. The molecule has 0 spiro atoms. The van der Waals surface area contributed by atoms with E-state index in [-0.39, 0.29) is 5.97 Å². The Morgan fingerprint density at radius 1 is 1.32 bits per heavy atom. The van der Waals surface area contributed by atoms with Crippen LogP contribution in [0.25, 0.3) is 0 Å². The fourth-order valence-electron chi connectivity index (χ4n) is 1.95. The van der Waals surface area contributed by atoms with Gasteiger partial charge in [-0.25, -0.2) is 4.79 Å². The molecule has 1 aromatic heterocycles. The molecule has 2 aromatic rings. The number of benzene rings is 1. The summed E-state index contributed by atoms with van der Waals surface area (Å²) in [7, 11) is 0. The molecule has 0 aliphatic carbocycles. The maximum atomic E-state index is 11.9. The highest BCUT2D eigenvalue weighted by molar-refractivity contribution is 5.89. The normalized spacial score (nSPS) is 10.4. The lowest BCUT2D eigenvalue weighted by Crippen LogP contribution is -2.12. The highest BCUT2D eigenvalue weighted by Gasteiger charge is 2.13. The Bertz CT molecular complexity index is 547. The number of rotatable bonds is 5. The SMILES string of the molecule is CCn1cc(N)cc1C(=O)OCCc1ccccc1. The van der Waals surface area contributed by atoms with E-state index in [4.69, 9.17) is 10.5 Å². The second-order valence-electron chi connectivity index (χ2n) is 4.32. The summed E-state index contributed by atoms with van der Waals surface area (Å²) in [5, 5.41) is 0. The summed E-state index contributed by atoms with van der Waals surface area (Å²) >= 11 is 0. The molecule has 0 fully saturated rings. The van der Waals surface area contributed by atoms with Gasteiger partial charge in [-0.05, 0) is 18.6 Å². The molecule has 0 unspecified atom stereocenters. The van der Waals surface area contributed by atoms with Crippen molar-refractivity contribution in [3.05, 3.63) is 53.9 Å². The van der Waals surface area contributed by atoms with Crippen molar-refractivity contribution < 1.29 is 9.53 Å². The number of nitrogens with two attached hydrogens (primary N) is 1. The number of carbonyl (C=O) groups excluding carboxylic acids is 1. The third kappa shape index (κ3) is 3.37. The number of hydrogen-bond donors (Lipinski definition) is 1. The van der Waals surface area contributed by atoms with Crippen molar-refractivity contribution in [3.63, 3.8) is 0 Å². The van der Waals surface area contributed by atoms with Crippen LogP contribution < -0.4 is 5.73 Å². The van der Waals surface area contributed by atoms with Crippen LogP contribution in [0.2, 0.25) is 0 Å². The minimum atomic E-state index is -0.325. The van der Waals surface area contributed by atoms with Gasteiger partial charge in [0.2, 0.25) is 0 Å². The zero-order chi connectivity index (χ0) is 13.7. The van der Waals surface area contributed by atoms with Crippen LogP contribution in [0, 0.1) is 0 Å². The van der Waals surface area contributed by atoms with Gasteiger partial charge in [-0.1, -0.05) is 30.3 Å². The van der Waals surface area contributed by atoms with Crippen LogP contribution in [-0.4, -0.2) is 17.1 Å². The number of ether oxygens (including phenoxy) is 1. The lowest BCUT2D eigenvalue weighted by atomic mass is 10.2. The van der Waals surface area contributed by atoms with Crippen LogP contribution in [0.3, 0.4) is 0 Å². The summed E-state index contributed by atoms with van der Waals surface area (Å²) in [6, 6.07) is 11.6. The van der Waals surface area contributed by atoms with E-state index in [1.54, 1.807) is 16.8 Å². The van der Waals surface area contributed by atoms with Gasteiger partial charge in [-0.15, -0.1) is 0 Å². The summed E-state index contributed by atoms with van der Waals surface area (Å²) in [5.41, 5.74) is 7.93. The van der Waals surface area contributed by atoms with Crippen LogP contribution >= 0.6 is 0 Å². The standard InChI is InChI=1S/C15H18N2O2/c1-2-17-11-13(16)10-14(17)15(18)19-9-8-12-6-4-3-5-7-12/h3-7,10-11H,2,8-9,16H2,1H3. The molecule has 0 aliphatic rings. The van der Waals surface area contributed by atoms with Crippen LogP contribution in [0.5, 0.6) is 0 Å². The molecule has 0 bridgehead atoms. The Balaban J connectivity index is 1.91. The topological polar surface area (TPSA) is 57.2 Å². The minimum Gasteiger partial charge on any atom is -0.461 e. The first-order valence-electron chi connectivity index (χ1n) is 6.37. The van der Waals surface area contributed by atoms with Crippen molar-refractivity contribution in [3.8, 4) is 0 Å². The molecule has 19 heavy (non-hydrogen) atoms. The number of nitrogen functional groups attached to an aromatic ring is 1. The molecule has 4 heteroatoms. The number of aromatic nitrogens is 1. The summed E-state index contributed by atoms with van der Waals surface area (Å²) in [4.78, 5) is 11.9. The van der Waals surface area contributed by atoms with Crippen molar-refractivity contribution in [2.75, 3.05) is 12.3 Å². The lowest BCUT2D eigenvalue weighted by Gasteiger charge is -2.07. The van der Waals surface area contributed by atoms with Gasteiger partial charge < -0.3 is 15.0 Å². The Morgan fingerprint density at radius 2 is 2.05 bits per heavy atom. The van der Waals surface area contributed by atoms with Gasteiger partial charge in [0.05, 0.1) is 12.3 Å². The summed E-state index contributed by atoms with van der Waals surface area (Å²) < 4.78 is 7.06. The fourth-order valence-corrected chi connectivity index (χ4v) is 1.95. The molecule has 2 N–H and O–H groups in total. The Morgan fingerprint density at radius 3 is 2.74 bits per heavy atom. The zero-order valence-electron chi connectivity index (χ0n) is 11.0. The third-order valence-corrected chi connectivity index (χ3v) is 2.93. The smallest absolute Gasteiger partial charge is 0.355 e. The number of esters is 1. The number of nitrogens with zero attached hydrogens (tertiary/aromatic N) is 1. The van der Waals surface area contributed by atoms with E-state index in [0.29, 0.717) is 24.5 Å². The van der Waals surface area contributed by atoms with E-state index in [1.807, 2.05) is 37.3 Å². The van der Waals surface area contributed by atoms with Crippen LogP contribution in [0.15, 0.2) is 42.6 Å². The van der Waals surface area contributed by atoms with Crippen LogP contribution in [0.1, 0.15) is 23.0 Å².